The van der Waals surface area contributed by atoms with Crippen molar-refractivity contribution in [2.75, 3.05) is 5.32 Å². The first-order valence-electron chi connectivity index (χ1n) is 5.40. The van der Waals surface area contributed by atoms with E-state index in [0.717, 1.165) is 16.8 Å². The van der Waals surface area contributed by atoms with Gasteiger partial charge in [0.25, 0.3) is 0 Å². The van der Waals surface area contributed by atoms with Crippen LogP contribution >= 0.6 is 11.6 Å². The second-order valence-corrected chi connectivity index (χ2v) is 4.32. The minimum Gasteiger partial charge on any atom is -0.380 e. The molecular formula is C14H13ClFN. The number of nitrogens with one attached hydrogen (secondary N) is 1. The smallest absolute Gasteiger partial charge is 0.123 e. The molecule has 0 unspecified atom stereocenters. The summed E-state index contributed by atoms with van der Waals surface area (Å²) in [5.74, 6) is -0.222. The molecule has 0 spiro atoms. The Hall–Kier alpha value is -1.54. The van der Waals surface area contributed by atoms with E-state index in [0.29, 0.717) is 11.6 Å². The highest BCUT2D eigenvalue weighted by Gasteiger charge is 2.03. The zero-order valence-corrected chi connectivity index (χ0v) is 10.3. The van der Waals surface area contributed by atoms with Crippen molar-refractivity contribution in [1.29, 1.82) is 0 Å². The molecule has 0 heterocycles. The van der Waals surface area contributed by atoms with Gasteiger partial charge in [-0.2, -0.15) is 0 Å². The van der Waals surface area contributed by atoms with Crippen LogP contribution in [0.15, 0.2) is 42.5 Å². The number of para-hydroxylation sites is 1. The van der Waals surface area contributed by atoms with Gasteiger partial charge in [0.1, 0.15) is 5.82 Å². The Morgan fingerprint density at radius 3 is 2.65 bits per heavy atom. The lowest BCUT2D eigenvalue weighted by Gasteiger charge is -2.11. The van der Waals surface area contributed by atoms with Gasteiger partial charge >= 0.3 is 0 Å². The molecule has 0 aliphatic carbocycles. The van der Waals surface area contributed by atoms with Crippen LogP contribution in [0.2, 0.25) is 5.02 Å². The van der Waals surface area contributed by atoms with Crippen LogP contribution < -0.4 is 5.32 Å². The van der Waals surface area contributed by atoms with Gasteiger partial charge in [-0.1, -0.05) is 35.9 Å². The lowest BCUT2D eigenvalue weighted by atomic mass is 10.1. The third-order valence-electron chi connectivity index (χ3n) is 2.58. The van der Waals surface area contributed by atoms with E-state index in [1.165, 1.54) is 12.1 Å². The van der Waals surface area contributed by atoms with Crippen molar-refractivity contribution in [2.24, 2.45) is 0 Å². The van der Waals surface area contributed by atoms with E-state index in [9.17, 15) is 4.39 Å². The monoisotopic (exact) mass is 249 g/mol. The van der Waals surface area contributed by atoms with E-state index in [1.807, 2.05) is 31.2 Å². The SMILES string of the molecule is Cc1cccc(Cl)c1NCc1cccc(F)c1. The number of benzene rings is 2. The van der Waals surface area contributed by atoms with Crippen molar-refractivity contribution in [3.8, 4) is 0 Å². The highest BCUT2D eigenvalue weighted by atomic mass is 35.5. The number of anilines is 1. The molecule has 2 aromatic rings. The first-order chi connectivity index (χ1) is 8.16. The van der Waals surface area contributed by atoms with Crippen molar-refractivity contribution in [3.05, 3.63) is 64.4 Å². The zero-order chi connectivity index (χ0) is 12.3. The van der Waals surface area contributed by atoms with Crippen LogP contribution in [-0.2, 0) is 6.54 Å². The highest BCUT2D eigenvalue weighted by Crippen LogP contribution is 2.25. The summed E-state index contributed by atoms with van der Waals surface area (Å²) in [6.45, 7) is 2.54. The van der Waals surface area contributed by atoms with E-state index in [2.05, 4.69) is 5.32 Å². The lowest BCUT2D eigenvalue weighted by molar-refractivity contribution is 0.626. The fourth-order valence-electron chi connectivity index (χ4n) is 1.69. The fourth-order valence-corrected chi connectivity index (χ4v) is 1.98. The van der Waals surface area contributed by atoms with E-state index in [4.69, 9.17) is 11.6 Å². The Morgan fingerprint density at radius 1 is 1.18 bits per heavy atom. The van der Waals surface area contributed by atoms with Crippen LogP contribution in [0, 0.1) is 12.7 Å². The number of hydrogen-bond donors (Lipinski definition) is 1. The third kappa shape index (κ3) is 2.98. The van der Waals surface area contributed by atoms with Gasteiger partial charge in [-0.25, -0.2) is 4.39 Å². The maximum absolute atomic E-state index is 13.0. The number of aryl methyl sites for hydroxylation is 1. The van der Waals surface area contributed by atoms with Gasteiger partial charge in [0.2, 0.25) is 0 Å². The zero-order valence-electron chi connectivity index (χ0n) is 9.50. The summed E-state index contributed by atoms with van der Waals surface area (Å²) >= 11 is 6.09. The van der Waals surface area contributed by atoms with Crippen LogP contribution in [0.3, 0.4) is 0 Å². The fraction of sp³-hybridized carbons (Fsp3) is 0.143. The standard InChI is InChI=1S/C14H13ClFN/c1-10-4-2-7-13(15)14(10)17-9-11-5-3-6-12(16)8-11/h2-8,17H,9H2,1H3. The van der Waals surface area contributed by atoms with Crippen molar-refractivity contribution in [1.82, 2.24) is 0 Å². The molecule has 0 bridgehead atoms. The van der Waals surface area contributed by atoms with Crippen LogP contribution in [0.4, 0.5) is 10.1 Å². The van der Waals surface area contributed by atoms with Gasteiger partial charge in [-0.3, -0.25) is 0 Å². The number of rotatable bonds is 3. The molecule has 0 aliphatic heterocycles. The summed E-state index contributed by atoms with van der Waals surface area (Å²) < 4.78 is 13.0. The van der Waals surface area contributed by atoms with Crippen LogP contribution in [0.5, 0.6) is 0 Å². The summed E-state index contributed by atoms with van der Waals surface area (Å²) in [5.41, 5.74) is 2.87. The summed E-state index contributed by atoms with van der Waals surface area (Å²) in [7, 11) is 0. The van der Waals surface area contributed by atoms with Gasteiger partial charge in [0, 0.05) is 6.54 Å². The topological polar surface area (TPSA) is 12.0 Å². The molecule has 17 heavy (non-hydrogen) atoms. The molecule has 3 heteroatoms. The van der Waals surface area contributed by atoms with Crippen molar-refractivity contribution in [2.45, 2.75) is 13.5 Å². The van der Waals surface area contributed by atoms with Crippen molar-refractivity contribution >= 4 is 17.3 Å². The molecule has 2 aromatic carbocycles. The predicted octanol–water partition coefficient (Wildman–Crippen LogP) is 4.40. The Kier molecular flexibility index (Phi) is 3.64. The van der Waals surface area contributed by atoms with Crippen LogP contribution in [0.1, 0.15) is 11.1 Å². The second-order valence-electron chi connectivity index (χ2n) is 3.92. The largest absolute Gasteiger partial charge is 0.380 e. The van der Waals surface area contributed by atoms with Gasteiger partial charge in [-0.05, 0) is 36.2 Å². The molecule has 0 amide bonds. The van der Waals surface area contributed by atoms with Crippen LogP contribution in [-0.4, -0.2) is 0 Å². The highest BCUT2D eigenvalue weighted by molar-refractivity contribution is 6.33. The normalized spacial score (nSPS) is 10.3. The molecule has 0 aliphatic rings. The van der Waals surface area contributed by atoms with E-state index < -0.39 is 0 Å². The Bertz CT molecular complexity index is 505. The van der Waals surface area contributed by atoms with Gasteiger partial charge in [0.05, 0.1) is 10.7 Å². The molecule has 0 fully saturated rings. The first-order valence-corrected chi connectivity index (χ1v) is 5.78. The summed E-state index contributed by atoms with van der Waals surface area (Å²) in [6, 6.07) is 12.3. The molecule has 1 nitrogen and oxygen atoms in total. The number of halogens is 2. The van der Waals surface area contributed by atoms with Gasteiger partial charge < -0.3 is 5.32 Å². The minimum atomic E-state index is -0.222. The van der Waals surface area contributed by atoms with E-state index in [1.54, 1.807) is 6.07 Å². The van der Waals surface area contributed by atoms with Gasteiger partial charge in [-0.15, -0.1) is 0 Å². The molecule has 0 saturated carbocycles. The average molecular weight is 250 g/mol. The Labute approximate surface area is 105 Å². The Balaban J connectivity index is 2.13. The summed E-state index contributed by atoms with van der Waals surface area (Å²) in [4.78, 5) is 0. The molecule has 88 valence electrons. The van der Waals surface area contributed by atoms with E-state index >= 15 is 0 Å². The molecule has 0 radical (unpaired) electrons. The average Bonchev–Trinajstić information content (AvgIpc) is 2.28. The van der Waals surface area contributed by atoms with Crippen molar-refractivity contribution in [3.63, 3.8) is 0 Å². The lowest BCUT2D eigenvalue weighted by Crippen LogP contribution is -2.01. The predicted molar refractivity (Wildman–Crippen MR) is 69.9 cm³/mol. The molecule has 0 aromatic heterocycles. The maximum atomic E-state index is 13.0. The summed E-state index contributed by atoms with van der Waals surface area (Å²) in [5, 5.41) is 3.91. The van der Waals surface area contributed by atoms with Crippen molar-refractivity contribution < 1.29 is 4.39 Å². The molecule has 0 saturated heterocycles. The quantitative estimate of drug-likeness (QED) is 0.850. The molecule has 0 atom stereocenters. The molecular weight excluding hydrogens is 237 g/mol. The summed E-state index contributed by atoms with van der Waals surface area (Å²) in [6.07, 6.45) is 0. The Morgan fingerprint density at radius 2 is 1.94 bits per heavy atom. The second kappa shape index (κ2) is 5.19. The minimum absolute atomic E-state index is 0.222. The third-order valence-corrected chi connectivity index (χ3v) is 2.90. The maximum Gasteiger partial charge on any atom is 0.123 e. The molecule has 2 rings (SSSR count). The van der Waals surface area contributed by atoms with Gasteiger partial charge in [0.15, 0.2) is 0 Å². The number of hydrogen-bond acceptors (Lipinski definition) is 1. The first kappa shape index (κ1) is 11.9. The molecule has 1 N–H and O–H groups in total. The van der Waals surface area contributed by atoms with Crippen LogP contribution in [0.25, 0.3) is 0 Å². The van der Waals surface area contributed by atoms with E-state index in [-0.39, 0.29) is 5.82 Å².